The highest BCUT2D eigenvalue weighted by Crippen LogP contribution is 2.20. The van der Waals surface area contributed by atoms with Crippen LogP contribution >= 0.6 is 0 Å². The van der Waals surface area contributed by atoms with Crippen molar-refractivity contribution in [2.75, 3.05) is 39.4 Å². The summed E-state index contributed by atoms with van der Waals surface area (Å²) in [6, 6.07) is -2.63. The fourth-order valence-corrected chi connectivity index (χ4v) is 11.5. The quantitative estimate of drug-likeness (QED) is 0.0257. The van der Waals surface area contributed by atoms with Crippen LogP contribution in [0.3, 0.4) is 0 Å². The Bertz CT molecular complexity index is 3520. The summed E-state index contributed by atoms with van der Waals surface area (Å²) in [6.07, 6.45) is 4.69. The molecule has 0 bridgehead atoms. The number of nitrogens with two attached hydrogens (primary N) is 3. The van der Waals surface area contributed by atoms with E-state index in [0.717, 1.165) is 25.7 Å². The average Bonchev–Trinajstić information content (AvgIpc) is 1.68. The molecule has 612 valence electrons. The number of carboxylic acid groups (broad SMARTS) is 2. The molecule has 0 saturated heterocycles. The van der Waals surface area contributed by atoms with Crippen molar-refractivity contribution in [1.29, 1.82) is 0 Å². The van der Waals surface area contributed by atoms with Gasteiger partial charge in [0.25, 0.3) is 0 Å². The monoisotopic (exact) mass is 1550 g/mol. The van der Waals surface area contributed by atoms with Gasteiger partial charge in [-0.05, 0) is 113 Å². The maximum atomic E-state index is 14.6. The number of H-pyrrole nitrogens is 1. The number of aliphatic hydroxyl groups excluding tert-OH is 2. The van der Waals surface area contributed by atoms with Crippen molar-refractivity contribution in [1.82, 2.24) is 74.1 Å². The normalized spacial score (nSPS) is 14.5. The first kappa shape index (κ1) is 94.0. The van der Waals surface area contributed by atoms with Gasteiger partial charge < -0.3 is 112 Å². The number of amides is 13. The van der Waals surface area contributed by atoms with Crippen LogP contribution < -0.4 is 86.3 Å². The highest BCUT2D eigenvalue weighted by atomic mass is 16.4. The zero-order valence-electron chi connectivity index (χ0n) is 64.1. The number of hydrogen-bond acceptors (Lipinski definition) is 20. The average molecular weight is 1550 g/mol. The Morgan fingerprint density at radius 2 is 0.791 bits per heavy atom. The molecule has 3 aromatic rings. The zero-order valence-corrected chi connectivity index (χ0v) is 64.1. The van der Waals surface area contributed by atoms with Gasteiger partial charge in [0.05, 0.1) is 19.8 Å². The number of carboxylic acids is 2. The number of aliphatic hydroxyl groups is 2. The van der Waals surface area contributed by atoms with Gasteiger partial charge in [-0.1, -0.05) is 123 Å². The minimum Gasteiger partial charge on any atom is -0.481 e. The molecule has 110 heavy (non-hydrogen) atoms. The molecule has 24 N–H and O–H groups in total. The van der Waals surface area contributed by atoms with Gasteiger partial charge >= 0.3 is 11.9 Å². The molecule has 0 radical (unpaired) electrons. The van der Waals surface area contributed by atoms with Crippen LogP contribution in [-0.2, 0) is 84.8 Å². The van der Waals surface area contributed by atoms with Crippen LogP contribution in [0.4, 0.5) is 0 Å². The van der Waals surface area contributed by atoms with E-state index in [9.17, 15) is 92.3 Å². The smallest absolute Gasteiger partial charge is 0.325 e. The Labute approximate surface area is 640 Å². The lowest BCUT2D eigenvalue weighted by atomic mass is 9.98. The summed E-state index contributed by atoms with van der Waals surface area (Å²) in [5, 5.41) is 73.6. The van der Waals surface area contributed by atoms with Crippen molar-refractivity contribution >= 4 is 99.6 Å². The van der Waals surface area contributed by atoms with Gasteiger partial charge in [0, 0.05) is 42.8 Å². The molecule has 2 aromatic carbocycles. The van der Waals surface area contributed by atoms with E-state index in [1.54, 1.807) is 102 Å². The fourth-order valence-electron chi connectivity index (χ4n) is 11.5. The van der Waals surface area contributed by atoms with E-state index in [2.05, 4.69) is 81.0 Å². The van der Waals surface area contributed by atoms with Gasteiger partial charge in [-0.15, -0.1) is 0 Å². The summed E-state index contributed by atoms with van der Waals surface area (Å²) in [4.78, 5) is 208. The first-order valence-corrected chi connectivity index (χ1v) is 37.5. The van der Waals surface area contributed by atoms with Crippen LogP contribution in [0.25, 0.3) is 10.9 Å². The van der Waals surface area contributed by atoms with E-state index in [0.29, 0.717) is 28.5 Å². The Hall–Kier alpha value is -10.2. The predicted molar refractivity (Wildman–Crippen MR) is 405 cm³/mol. The largest absolute Gasteiger partial charge is 0.481 e. The van der Waals surface area contributed by atoms with Crippen LogP contribution in [-0.4, -0.2) is 226 Å². The number of hydrogen-bond donors (Lipinski definition) is 21. The standard InChI is InChI=1S/C74H117N17O19/c1-9-10-11-12-16-29-57(94)89-60(41(2)3)72(107)85-49(26-19-32-75)63(98)79-38-58(95)81-55(39-92)69(104)87-54(36-46-37-78-48-25-18-17-24-47(46)48)68(103)88-56(40-93)70(105)83-50(27-20-33-76)64(99)82-51(28-21-34-77)65(100)86-53(35-45-22-14-13-15-23-45)67(102)84-52(30-31-59(96)97)66(101)90-62(43(6)7)73(108)91-61(42(4)5)71(106)80-44(8)74(109)110/h13-15,17-18,22-25,37,41-44,49-56,60-62,78,92-93H,9-12,16,19-21,26-36,38-40,75-77H2,1-8H3,(H,79,98)(H,80,106)(H,81,95)(H,82,99)(H,83,105)(H,84,102)(H,85,107)(H,86,100)(H,87,104)(H,88,103)(H,89,94)(H,90,101)(H,91,108)(H,96,97)(H,109,110)/t44-,49+,50-,51+,52-,53-,54+,55+,56-,60+,61+,62-/m0/s1. The van der Waals surface area contributed by atoms with Crippen LogP contribution in [0, 0.1) is 17.8 Å². The minimum absolute atomic E-state index is 0.00996. The Morgan fingerprint density at radius 3 is 1.29 bits per heavy atom. The molecule has 0 spiro atoms. The number of nitrogens with one attached hydrogen (secondary N) is 14. The molecule has 1 aromatic heterocycles. The topological polar surface area (TPSA) is 587 Å². The van der Waals surface area contributed by atoms with Crippen LogP contribution in [0.2, 0.25) is 0 Å². The van der Waals surface area contributed by atoms with E-state index in [1.165, 1.54) is 6.92 Å². The zero-order chi connectivity index (χ0) is 82.2. The van der Waals surface area contributed by atoms with Crippen LogP contribution in [0.15, 0.2) is 60.8 Å². The van der Waals surface area contributed by atoms with Gasteiger partial charge in [-0.2, -0.15) is 0 Å². The van der Waals surface area contributed by atoms with Crippen molar-refractivity contribution in [3.63, 3.8) is 0 Å². The molecule has 0 saturated carbocycles. The molecule has 0 aliphatic rings. The molecule has 36 heteroatoms. The van der Waals surface area contributed by atoms with Crippen molar-refractivity contribution in [2.45, 2.75) is 231 Å². The summed E-state index contributed by atoms with van der Waals surface area (Å²) < 4.78 is 0. The van der Waals surface area contributed by atoms with Crippen molar-refractivity contribution < 1.29 is 92.3 Å². The predicted octanol–water partition coefficient (Wildman–Crippen LogP) is -2.61. The second-order valence-corrected chi connectivity index (χ2v) is 28.1. The number of para-hydroxylation sites is 1. The van der Waals surface area contributed by atoms with Crippen molar-refractivity contribution in [3.05, 3.63) is 71.9 Å². The molecular weight excluding hydrogens is 1430 g/mol. The van der Waals surface area contributed by atoms with Gasteiger partial charge in [-0.25, -0.2) is 0 Å². The molecular formula is C74H117N17O19. The summed E-state index contributed by atoms with van der Waals surface area (Å²) in [6.45, 7) is 10.3. The van der Waals surface area contributed by atoms with E-state index in [-0.39, 0.29) is 89.2 Å². The van der Waals surface area contributed by atoms with Gasteiger partial charge in [0.15, 0.2) is 0 Å². The first-order chi connectivity index (χ1) is 52.2. The van der Waals surface area contributed by atoms with Crippen LogP contribution in [0.1, 0.15) is 156 Å². The van der Waals surface area contributed by atoms with E-state index >= 15 is 0 Å². The third kappa shape index (κ3) is 33.0. The molecule has 12 atom stereocenters. The number of fused-ring (bicyclic) bond motifs is 1. The molecule has 13 amide bonds. The maximum absolute atomic E-state index is 14.6. The van der Waals surface area contributed by atoms with Crippen LogP contribution in [0.5, 0.6) is 0 Å². The lowest BCUT2D eigenvalue weighted by Crippen LogP contribution is -2.62. The van der Waals surface area contributed by atoms with Gasteiger partial charge in [0.2, 0.25) is 76.8 Å². The molecule has 0 aliphatic carbocycles. The summed E-state index contributed by atoms with van der Waals surface area (Å²) in [5.74, 6) is -16.1. The first-order valence-electron chi connectivity index (χ1n) is 37.5. The second kappa shape index (κ2) is 49.8. The number of aliphatic carboxylic acids is 2. The SMILES string of the molecule is CCCCCCCC(=O)N[C@@H](C(=O)N[C@H](CCCN)C(=O)NCC(=O)N[C@H](CO)C(=O)N[C@H](Cc1c[nH]c2ccccc12)C(=O)N[C@@H](CO)C(=O)N[C@@H](CCCN)C(=O)N[C@H](CCCN)C(=O)N[C@@H](Cc1ccccc1)C(=O)N[C@@H](CCC(=O)O)C(=O)N[C@H](C(=O)N[C@@H](C(=O)N[C@@H](C)C(=O)O)C(C)C)C(C)C)C(C)C. The van der Waals surface area contributed by atoms with Gasteiger partial charge in [-0.3, -0.25) is 71.9 Å². The van der Waals surface area contributed by atoms with E-state index in [1.807, 2.05) is 0 Å². The third-order valence-corrected chi connectivity index (χ3v) is 18.0. The number of carbonyl (C=O) groups excluding carboxylic acids is 13. The number of carbonyl (C=O) groups is 15. The number of aromatic amines is 1. The lowest BCUT2D eigenvalue weighted by Gasteiger charge is -2.29. The highest BCUT2D eigenvalue weighted by Gasteiger charge is 2.38. The summed E-state index contributed by atoms with van der Waals surface area (Å²) in [7, 11) is 0. The molecule has 0 aliphatic heterocycles. The second-order valence-electron chi connectivity index (χ2n) is 28.1. The van der Waals surface area contributed by atoms with E-state index < -0.39 is 200 Å². The van der Waals surface area contributed by atoms with Crippen molar-refractivity contribution in [3.8, 4) is 0 Å². The summed E-state index contributed by atoms with van der Waals surface area (Å²) >= 11 is 0. The molecule has 3 rings (SSSR count). The molecule has 0 fully saturated rings. The minimum atomic E-state index is -1.86. The van der Waals surface area contributed by atoms with Gasteiger partial charge in [0.1, 0.15) is 72.5 Å². The highest BCUT2D eigenvalue weighted by molar-refractivity contribution is 6.00. The Morgan fingerprint density at radius 1 is 0.391 bits per heavy atom. The number of unbranched alkanes of at least 4 members (excludes halogenated alkanes) is 4. The maximum Gasteiger partial charge on any atom is 0.325 e. The Balaban J connectivity index is 1.89. The number of aromatic nitrogens is 1. The van der Waals surface area contributed by atoms with Crippen molar-refractivity contribution in [2.24, 2.45) is 35.0 Å². The third-order valence-electron chi connectivity index (χ3n) is 18.0. The number of rotatable bonds is 53. The van der Waals surface area contributed by atoms with E-state index in [4.69, 9.17) is 17.2 Å². The molecule has 1 heterocycles. The summed E-state index contributed by atoms with van der Waals surface area (Å²) in [5.41, 5.74) is 19.1. The Kier molecular flexibility index (Phi) is 42.6. The lowest BCUT2D eigenvalue weighted by molar-refractivity contribution is -0.142. The molecule has 36 nitrogen and oxygen atoms in total. The number of benzene rings is 2. The molecule has 0 unspecified atom stereocenters. The fraction of sp³-hybridized carbons (Fsp3) is 0.608.